The molecule has 0 spiro atoms. The number of pyridine rings is 1. The monoisotopic (exact) mass is 245 g/mol. The molecule has 0 aromatic carbocycles. The van der Waals surface area contributed by atoms with Crippen LogP contribution in [-0.2, 0) is 6.18 Å². The Morgan fingerprint density at radius 3 is 2.65 bits per heavy atom. The minimum atomic E-state index is -4.36. The first-order chi connectivity index (χ1) is 8.07. The summed E-state index contributed by atoms with van der Waals surface area (Å²) in [7, 11) is 0. The van der Waals surface area contributed by atoms with Crippen molar-refractivity contribution in [3.63, 3.8) is 0 Å². The summed E-state index contributed by atoms with van der Waals surface area (Å²) < 4.78 is 38.1. The lowest BCUT2D eigenvalue weighted by molar-refractivity contribution is -0.137. The van der Waals surface area contributed by atoms with E-state index in [-0.39, 0.29) is 11.9 Å². The molecule has 0 radical (unpaired) electrons. The summed E-state index contributed by atoms with van der Waals surface area (Å²) in [5.41, 5.74) is -0.696. The fourth-order valence-electron chi connectivity index (χ4n) is 1.91. The fourth-order valence-corrected chi connectivity index (χ4v) is 1.91. The summed E-state index contributed by atoms with van der Waals surface area (Å²) in [4.78, 5) is 3.79. The molecule has 0 unspecified atom stereocenters. The van der Waals surface area contributed by atoms with Crippen molar-refractivity contribution in [1.82, 2.24) is 10.3 Å². The van der Waals surface area contributed by atoms with Crippen LogP contribution in [0, 0.1) is 0 Å². The molecule has 1 aromatic rings. The minimum Gasteiger partial charge on any atom is -0.367 e. The maximum absolute atomic E-state index is 12.7. The van der Waals surface area contributed by atoms with E-state index in [2.05, 4.69) is 15.6 Å². The topological polar surface area (TPSA) is 37.0 Å². The van der Waals surface area contributed by atoms with Gasteiger partial charge in [0.15, 0.2) is 0 Å². The second-order valence-electron chi connectivity index (χ2n) is 4.07. The van der Waals surface area contributed by atoms with Gasteiger partial charge in [-0.1, -0.05) is 0 Å². The van der Waals surface area contributed by atoms with Gasteiger partial charge < -0.3 is 10.6 Å². The van der Waals surface area contributed by atoms with Crippen LogP contribution in [0.4, 0.5) is 19.0 Å². The zero-order valence-corrected chi connectivity index (χ0v) is 9.22. The average molecular weight is 245 g/mol. The molecule has 2 rings (SSSR count). The van der Waals surface area contributed by atoms with Crippen LogP contribution in [0.1, 0.15) is 18.4 Å². The first-order valence-corrected chi connectivity index (χ1v) is 5.57. The van der Waals surface area contributed by atoms with Gasteiger partial charge in [-0.2, -0.15) is 13.2 Å². The van der Waals surface area contributed by atoms with Gasteiger partial charge in [-0.15, -0.1) is 0 Å². The Hall–Kier alpha value is -1.30. The van der Waals surface area contributed by atoms with Crippen molar-refractivity contribution in [1.29, 1.82) is 0 Å². The molecule has 94 valence electrons. The molecular weight excluding hydrogens is 231 g/mol. The maximum atomic E-state index is 12.7. The number of hydrogen-bond donors (Lipinski definition) is 2. The van der Waals surface area contributed by atoms with Crippen molar-refractivity contribution in [2.24, 2.45) is 0 Å². The molecule has 3 nitrogen and oxygen atoms in total. The Morgan fingerprint density at radius 1 is 1.29 bits per heavy atom. The summed E-state index contributed by atoms with van der Waals surface area (Å²) in [5, 5.41) is 6.05. The summed E-state index contributed by atoms with van der Waals surface area (Å²) in [6.45, 7) is 1.65. The minimum absolute atomic E-state index is 0.0623. The highest BCUT2D eigenvalue weighted by Gasteiger charge is 2.34. The number of rotatable bonds is 2. The van der Waals surface area contributed by atoms with Gasteiger partial charge in [-0.3, -0.25) is 0 Å². The molecule has 17 heavy (non-hydrogen) atoms. The van der Waals surface area contributed by atoms with E-state index in [4.69, 9.17) is 0 Å². The van der Waals surface area contributed by atoms with Crippen molar-refractivity contribution in [3.05, 3.63) is 23.9 Å². The van der Waals surface area contributed by atoms with E-state index in [9.17, 15) is 13.2 Å². The standard InChI is InChI=1S/C11H14F3N3/c12-11(13,14)9-2-1-5-16-10(9)17-8-3-6-15-7-4-8/h1-2,5,8,15H,3-4,6-7H2,(H,16,17). The second kappa shape index (κ2) is 4.91. The van der Waals surface area contributed by atoms with Gasteiger partial charge in [0, 0.05) is 12.2 Å². The number of nitrogens with zero attached hydrogens (tertiary/aromatic N) is 1. The molecule has 1 aliphatic heterocycles. The molecule has 0 saturated carbocycles. The maximum Gasteiger partial charge on any atom is 0.419 e. The van der Waals surface area contributed by atoms with Crippen LogP contribution >= 0.6 is 0 Å². The highest BCUT2D eigenvalue weighted by atomic mass is 19.4. The van der Waals surface area contributed by atoms with Gasteiger partial charge in [-0.05, 0) is 38.1 Å². The van der Waals surface area contributed by atoms with E-state index < -0.39 is 11.7 Å². The normalized spacial score (nSPS) is 18.1. The van der Waals surface area contributed by atoms with Crippen LogP contribution in [0.15, 0.2) is 18.3 Å². The summed E-state index contributed by atoms with van der Waals surface area (Å²) in [6, 6.07) is 2.42. The molecule has 1 aromatic heterocycles. The lowest BCUT2D eigenvalue weighted by Crippen LogP contribution is -2.36. The van der Waals surface area contributed by atoms with Crippen molar-refractivity contribution in [2.45, 2.75) is 25.1 Å². The van der Waals surface area contributed by atoms with Gasteiger partial charge in [0.05, 0.1) is 5.56 Å². The molecule has 2 heterocycles. The number of nitrogens with one attached hydrogen (secondary N) is 2. The van der Waals surface area contributed by atoms with Crippen molar-refractivity contribution >= 4 is 5.82 Å². The molecule has 6 heteroatoms. The first kappa shape index (κ1) is 12.2. The third-order valence-corrected chi connectivity index (χ3v) is 2.79. The van der Waals surface area contributed by atoms with E-state index in [0.29, 0.717) is 0 Å². The van der Waals surface area contributed by atoms with Crippen molar-refractivity contribution in [3.8, 4) is 0 Å². The van der Waals surface area contributed by atoms with Gasteiger partial charge in [0.25, 0.3) is 0 Å². The predicted octanol–water partition coefficient (Wildman–Crippen LogP) is 2.26. The Kier molecular flexibility index (Phi) is 3.51. The van der Waals surface area contributed by atoms with E-state index in [0.717, 1.165) is 32.0 Å². The Balaban J connectivity index is 2.14. The highest BCUT2D eigenvalue weighted by Crippen LogP contribution is 2.33. The van der Waals surface area contributed by atoms with E-state index in [1.54, 1.807) is 0 Å². The molecule has 1 aliphatic rings. The molecule has 1 fully saturated rings. The van der Waals surface area contributed by atoms with Gasteiger partial charge in [-0.25, -0.2) is 4.98 Å². The first-order valence-electron chi connectivity index (χ1n) is 5.57. The predicted molar refractivity (Wildman–Crippen MR) is 58.8 cm³/mol. The Bertz CT molecular complexity index is 372. The van der Waals surface area contributed by atoms with Crippen LogP contribution in [0.2, 0.25) is 0 Å². The third kappa shape index (κ3) is 3.09. The Labute approximate surface area is 97.4 Å². The van der Waals surface area contributed by atoms with Crippen LogP contribution in [0.5, 0.6) is 0 Å². The molecule has 0 atom stereocenters. The van der Waals surface area contributed by atoms with Crippen molar-refractivity contribution < 1.29 is 13.2 Å². The van der Waals surface area contributed by atoms with Crippen LogP contribution in [-0.4, -0.2) is 24.1 Å². The number of hydrogen-bond acceptors (Lipinski definition) is 3. The van der Waals surface area contributed by atoms with Gasteiger partial charge >= 0.3 is 6.18 Å². The zero-order chi connectivity index (χ0) is 12.3. The average Bonchev–Trinajstić information content (AvgIpc) is 2.30. The lowest BCUT2D eigenvalue weighted by Gasteiger charge is -2.25. The number of anilines is 1. The SMILES string of the molecule is FC(F)(F)c1cccnc1NC1CCNCC1. The molecular formula is C11H14F3N3. The summed E-state index contributed by atoms with van der Waals surface area (Å²) in [5.74, 6) is -0.0631. The van der Waals surface area contributed by atoms with Crippen molar-refractivity contribution in [2.75, 3.05) is 18.4 Å². The van der Waals surface area contributed by atoms with E-state index >= 15 is 0 Å². The molecule has 0 aliphatic carbocycles. The lowest BCUT2D eigenvalue weighted by atomic mass is 10.1. The van der Waals surface area contributed by atoms with Gasteiger partial charge in [0.2, 0.25) is 0 Å². The Morgan fingerprint density at radius 2 is 2.00 bits per heavy atom. The molecule has 2 N–H and O–H groups in total. The molecule has 0 amide bonds. The van der Waals surface area contributed by atoms with E-state index in [1.807, 2.05) is 0 Å². The quantitative estimate of drug-likeness (QED) is 0.839. The second-order valence-corrected chi connectivity index (χ2v) is 4.07. The van der Waals surface area contributed by atoms with Crippen LogP contribution < -0.4 is 10.6 Å². The summed E-state index contributed by atoms with van der Waals surface area (Å²) >= 11 is 0. The van der Waals surface area contributed by atoms with Crippen LogP contribution in [0.25, 0.3) is 0 Å². The largest absolute Gasteiger partial charge is 0.419 e. The summed E-state index contributed by atoms with van der Waals surface area (Å²) in [6.07, 6.45) is -1.36. The number of alkyl halides is 3. The molecule has 0 bridgehead atoms. The number of halogens is 3. The number of aromatic nitrogens is 1. The fraction of sp³-hybridized carbons (Fsp3) is 0.545. The number of piperidine rings is 1. The smallest absolute Gasteiger partial charge is 0.367 e. The molecule has 1 saturated heterocycles. The zero-order valence-electron chi connectivity index (χ0n) is 9.22. The third-order valence-electron chi connectivity index (χ3n) is 2.79. The van der Waals surface area contributed by atoms with E-state index in [1.165, 1.54) is 12.3 Å². The van der Waals surface area contributed by atoms with Gasteiger partial charge in [0.1, 0.15) is 5.82 Å². The highest BCUT2D eigenvalue weighted by molar-refractivity contribution is 5.46. The van der Waals surface area contributed by atoms with Crippen LogP contribution in [0.3, 0.4) is 0 Å².